The number of likely N-dealkylation sites (tertiary alicyclic amines) is 1. The van der Waals surface area contributed by atoms with E-state index in [1.807, 2.05) is 11.8 Å². The van der Waals surface area contributed by atoms with Gasteiger partial charge in [0.05, 0.1) is 5.92 Å². The highest BCUT2D eigenvalue weighted by Gasteiger charge is 2.41. The molecule has 1 aliphatic carbocycles. The molecule has 0 radical (unpaired) electrons. The topological polar surface area (TPSA) is 60.9 Å². The summed E-state index contributed by atoms with van der Waals surface area (Å²) in [7, 11) is 0. The van der Waals surface area contributed by atoms with Gasteiger partial charge >= 0.3 is 12.0 Å². The number of carboxylic acids is 1. The smallest absolute Gasteiger partial charge is 0.320 e. The van der Waals surface area contributed by atoms with E-state index in [1.165, 1.54) is 0 Å². The monoisotopic (exact) mass is 268 g/mol. The van der Waals surface area contributed by atoms with Gasteiger partial charge < -0.3 is 14.9 Å². The molecule has 0 bridgehead atoms. The van der Waals surface area contributed by atoms with Crippen LogP contribution < -0.4 is 0 Å². The van der Waals surface area contributed by atoms with Gasteiger partial charge in [-0.2, -0.15) is 0 Å². The summed E-state index contributed by atoms with van der Waals surface area (Å²) in [6, 6.07) is 0.449. The number of carboxylic acid groups (broad SMARTS) is 1. The zero-order chi connectivity index (χ0) is 14.0. The third-order valence-corrected chi connectivity index (χ3v) is 4.19. The van der Waals surface area contributed by atoms with Crippen molar-refractivity contribution >= 4 is 12.0 Å². The van der Waals surface area contributed by atoms with Crippen LogP contribution in [0.5, 0.6) is 0 Å². The summed E-state index contributed by atoms with van der Waals surface area (Å²) in [5, 5.41) is 9.13. The van der Waals surface area contributed by atoms with Crippen LogP contribution in [0.25, 0.3) is 0 Å². The van der Waals surface area contributed by atoms with Crippen LogP contribution in [0.3, 0.4) is 0 Å². The number of amides is 2. The Morgan fingerprint density at radius 1 is 1.32 bits per heavy atom. The lowest BCUT2D eigenvalue weighted by Crippen LogP contribution is -2.44. The number of hydrogen-bond acceptors (Lipinski definition) is 2. The molecule has 1 aliphatic heterocycles. The lowest BCUT2D eigenvalue weighted by molar-refractivity contribution is -0.142. The van der Waals surface area contributed by atoms with Crippen LogP contribution in [0.15, 0.2) is 0 Å². The molecule has 0 aromatic heterocycles. The predicted octanol–water partition coefficient (Wildman–Crippen LogP) is 2.02. The zero-order valence-electron chi connectivity index (χ0n) is 11.8. The van der Waals surface area contributed by atoms with Crippen LogP contribution in [0, 0.1) is 11.8 Å². The number of carbonyl (C=O) groups excluding carboxylic acids is 1. The number of carbonyl (C=O) groups is 2. The number of hydrogen-bond donors (Lipinski definition) is 1. The number of nitrogens with zero attached hydrogens (tertiary/aromatic N) is 2. The van der Waals surface area contributed by atoms with Crippen molar-refractivity contribution in [3.63, 3.8) is 0 Å². The highest BCUT2D eigenvalue weighted by Crippen LogP contribution is 2.30. The second kappa shape index (κ2) is 5.80. The van der Waals surface area contributed by atoms with E-state index in [1.54, 1.807) is 4.90 Å². The van der Waals surface area contributed by atoms with Gasteiger partial charge in [0.25, 0.3) is 0 Å². The fourth-order valence-corrected chi connectivity index (χ4v) is 2.78. The normalized spacial score (nSPS) is 26.5. The second-order valence-electron chi connectivity index (χ2n) is 5.89. The Labute approximate surface area is 114 Å². The first-order chi connectivity index (χ1) is 9.04. The van der Waals surface area contributed by atoms with Crippen LogP contribution in [-0.4, -0.2) is 52.6 Å². The highest BCUT2D eigenvalue weighted by molar-refractivity contribution is 5.78. The van der Waals surface area contributed by atoms with Crippen LogP contribution in [0.2, 0.25) is 0 Å². The zero-order valence-corrected chi connectivity index (χ0v) is 11.8. The Morgan fingerprint density at radius 2 is 2.00 bits per heavy atom. The molecule has 5 nitrogen and oxygen atoms in total. The van der Waals surface area contributed by atoms with Crippen LogP contribution in [0.1, 0.15) is 39.5 Å². The van der Waals surface area contributed by atoms with E-state index in [0.717, 1.165) is 32.2 Å². The van der Waals surface area contributed by atoms with Crippen molar-refractivity contribution in [1.29, 1.82) is 0 Å². The molecule has 1 saturated heterocycles. The largest absolute Gasteiger partial charge is 0.481 e. The van der Waals surface area contributed by atoms with Crippen molar-refractivity contribution in [3.05, 3.63) is 0 Å². The highest BCUT2D eigenvalue weighted by atomic mass is 16.4. The summed E-state index contributed by atoms with van der Waals surface area (Å²) in [4.78, 5) is 27.3. The van der Waals surface area contributed by atoms with E-state index in [4.69, 9.17) is 5.11 Å². The van der Waals surface area contributed by atoms with Crippen molar-refractivity contribution in [3.8, 4) is 0 Å². The van der Waals surface area contributed by atoms with E-state index in [9.17, 15) is 9.59 Å². The molecule has 2 fully saturated rings. The third kappa shape index (κ3) is 3.19. The van der Waals surface area contributed by atoms with Crippen LogP contribution >= 0.6 is 0 Å². The molecule has 2 amide bonds. The summed E-state index contributed by atoms with van der Waals surface area (Å²) >= 11 is 0. The first-order valence-electron chi connectivity index (χ1n) is 7.33. The number of unbranched alkanes of at least 4 members (excludes halogenated alkanes) is 1. The molecule has 1 heterocycles. The lowest BCUT2D eigenvalue weighted by Gasteiger charge is -2.28. The predicted molar refractivity (Wildman–Crippen MR) is 71.9 cm³/mol. The fraction of sp³-hybridized carbons (Fsp3) is 0.857. The Bertz CT molecular complexity index is 355. The standard InChI is InChI=1S/C14H24N2O3/c1-3-4-7-16(11-5-6-11)14(19)15-8-10(2)12(9-15)13(17)18/h10-12H,3-9H2,1-2H3,(H,17,18). The van der Waals surface area contributed by atoms with E-state index in [0.29, 0.717) is 19.1 Å². The second-order valence-corrected chi connectivity index (χ2v) is 5.89. The first kappa shape index (κ1) is 14.2. The fourth-order valence-electron chi connectivity index (χ4n) is 2.78. The summed E-state index contributed by atoms with van der Waals surface area (Å²) in [5.74, 6) is -1.14. The lowest BCUT2D eigenvalue weighted by atomic mass is 9.99. The Hall–Kier alpha value is -1.26. The van der Waals surface area contributed by atoms with E-state index in [2.05, 4.69) is 6.92 Å². The maximum atomic E-state index is 12.5. The molecule has 1 N–H and O–H groups in total. The average Bonchev–Trinajstić information content (AvgIpc) is 3.11. The van der Waals surface area contributed by atoms with Crippen molar-refractivity contribution in [2.24, 2.45) is 11.8 Å². The summed E-state index contributed by atoms with van der Waals surface area (Å²) in [6.45, 7) is 5.78. The van der Waals surface area contributed by atoms with Crippen LogP contribution in [-0.2, 0) is 4.79 Å². The van der Waals surface area contributed by atoms with Crippen molar-refractivity contribution in [2.75, 3.05) is 19.6 Å². The Morgan fingerprint density at radius 3 is 2.47 bits per heavy atom. The van der Waals surface area contributed by atoms with Crippen LogP contribution in [0.4, 0.5) is 4.79 Å². The number of rotatable bonds is 5. The van der Waals surface area contributed by atoms with Gasteiger partial charge in [0.15, 0.2) is 0 Å². The molecule has 2 atom stereocenters. The summed E-state index contributed by atoms with van der Waals surface area (Å²) in [5.41, 5.74) is 0. The molecule has 0 aromatic carbocycles. The van der Waals surface area contributed by atoms with Gasteiger partial charge in [0, 0.05) is 25.7 Å². The molecule has 2 unspecified atom stereocenters. The molecule has 2 rings (SSSR count). The maximum Gasteiger partial charge on any atom is 0.320 e. The molecule has 0 aromatic rings. The molecule has 2 aliphatic rings. The minimum absolute atomic E-state index is 0.0477. The van der Waals surface area contributed by atoms with Gasteiger partial charge in [-0.15, -0.1) is 0 Å². The molecule has 0 spiro atoms. The molecule has 19 heavy (non-hydrogen) atoms. The van der Waals surface area contributed by atoms with Crippen molar-refractivity contribution in [2.45, 2.75) is 45.6 Å². The first-order valence-corrected chi connectivity index (χ1v) is 7.33. The third-order valence-electron chi connectivity index (χ3n) is 4.19. The SMILES string of the molecule is CCCCN(C(=O)N1CC(C)C(C(=O)O)C1)C1CC1. The van der Waals surface area contributed by atoms with Gasteiger partial charge in [-0.05, 0) is 25.2 Å². The molecule has 108 valence electrons. The van der Waals surface area contributed by atoms with Gasteiger partial charge in [-0.25, -0.2) is 4.79 Å². The van der Waals surface area contributed by atoms with E-state index in [-0.39, 0.29) is 11.9 Å². The summed E-state index contributed by atoms with van der Waals surface area (Å²) in [6.07, 6.45) is 4.29. The molecular weight excluding hydrogens is 244 g/mol. The Kier molecular flexibility index (Phi) is 4.32. The van der Waals surface area contributed by atoms with Crippen molar-refractivity contribution < 1.29 is 14.7 Å². The van der Waals surface area contributed by atoms with Gasteiger partial charge in [-0.1, -0.05) is 20.3 Å². The minimum Gasteiger partial charge on any atom is -0.481 e. The molecule has 1 saturated carbocycles. The maximum absolute atomic E-state index is 12.5. The Balaban J connectivity index is 1.96. The quantitative estimate of drug-likeness (QED) is 0.830. The summed E-state index contributed by atoms with van der Waals surface area (Å²) < 4.78 is 0. The van der Waals surface area contributed by atoms with Crippen molar-refractivity contribution in [1.82, 2.24) is 9.80 Å². The van der Waals surface area contributed by atoms with E-state index >= 15 is 0 Å². The number of aliphatic carboxylic acids is 1. The van der Waals surface area contributed by atoms with E-state index < -0.39 is 11.9 Å². The minimum atomic E-state index is -0.783. The molecule has 5 heteroatoms. The average molecular weight is 268 g/mol. The molecular formula is C14H24N2O3. The number of urea groups is 1. The van der Waals surface area contributed by atoms with Gasteiger partial charge in [-0.3, -0.25) is 4.79 Å². The van der Waals surface area contributed by atoms with Gasteiger partial charge in [0.1, 0.15) is 0 Å². The van der Waals surface area contributed by atoms with Gasteiger partial charge in [0.2, 0.25) is 0 Å².